The van der Waals surface area contributed by atoms with Crippen molar-refractivity contribution in [3.8, 4) is 5.75 Å². The molecular weight excluding hydrogens is 424 g/mol. The van der Waals surface area contributed by atoms with Gasteiger partial charge in [0.1, 0.15) is 12.3 Å². The molecule has 0 spiro atoms. The van der Waals surface area contributed by atoms with Crippen molar-refractivity contribution in [3.63, 3.8) is 0 Å². The molecule has 6 nitrogen and oxygen atoms in total. The number of carbonyl (C=O) groups is 3. The monoisotopic (exact) mass is 444 g/mol. The van der Waals surface area contributed by atoms with Crippen LogP contribution in [0.5, 0.6) is 5.75 Å². The Morgan fingerprint density at radius 2 is 1.87 bits per heavy atom. The molecule has 30 heavy (non-hydrogen) atoms. The third-order valence-corrected chi connectivity index (χ3v) is 5.24. The molecule has 2 aromatic carbocycles. The minimum Gasteiger partial charge on any atom is -0.493 e. The number of para-hydroxylation sites is 1. The van der Waals surface area contributed by atoms with Gasteiger partial charge < -0.3 is 10.1 Å². The maximum Gasteiger partial charge on any atom is 0.294 e. The predicted molar refractivity (Wildman–Crippen MR) is 120 cm³/mol. The molecule has 0 atom stereocenters. The van der Waals surface area contributed by atoms with E-state index in [1.165, 1.54) is 0 Å². The average molecular weight is 445 g/mol. The molecule has 156 valence electrons. The summed E-state index contributed by atoms with van der Waals surface area (Å²) in [6.07, 6.45) is 1.62. The summed E-state index contributed by atoms with van der Waals surface area (Å²) in [5.41, 5.74) is 1.23. The van der Waals surface area contributed by atoms with Crippen molar-refractivity contribution in [3.05, 3.63) is 64.0 Å². The highest BCUT2D eigenvalue weighted by molar-refractivity contribution is 8.18. The fraction of sp³-hybridized carbons (Fsp3) is 0.227. The first kappa shape index (κ1) is 21.9. The minimum absolute atomic E-state index is 0.250. The number of halogens is 1. The Balaban J connectivity index is 1.70. The summed E-state index contributed by atoms with van der Waals surface area (Å²) in [6, 6.07) is 13.9. The van der Waals surface area contributed by atoms with Crippen molar-refractivity contribution in [2.24, 2.45) is 5.92 Å². The molecule has 1 saturated heterocycles. The lowest BCUT2D eigenvalue weighted by Gasteiger charge is -2.13. The van der Waals surface area contributed by atoms with Crippen molar-refractivity contribution in [1.82, 2.24) is 4.90 Å². The number of carbonyl (C=O) groups excluding carboxylic acids is 3. The van der Waals surface area contributed by atoms with Crippen LogP contribution in [-0.2, 0) is 9.59 Å². The summed E-state index contributed by atoms with van der Waals surface area (Å²) in [4.78, 5) is 38.5. The van der Waals surface area contributed by atoms with Crippen LogP contribution < -0.4 is 10.1 Å². The number of ether oxygens (including phenoxy) is 1. The largest absolute Gasteiger partial charge is 0.493 e. The Morgan fingerprint density at radius 3 is 2.57 bits per heavy atom. The van der Waals surface area contributed by atoms with Crippen LogP contribution in [0.1, 0.15) is 19.4 Å². The van der Waals surface area contributed by atoms with Gasteiger partial charge in [-0.1, -0.05) is 43.6 Å². The van der Waals surface area contributed by atoms with Gasteiger partial charge in [0.25, 0.3) is 11.1 Å². The van der Waals surface area contributed by atoms with E-state index < -0.39 is 17.1 Å². The molecular formula is C22H21ClN2O4S. The number of nitrogens with one attached hydrogen (secondary N) is 1. The molecule has 0 bridgehead atoms. The number of rotatable bonds is 7. The first-order valence-corrected chi connectivity index (χ1v) is 10.6. The molecule has 0 saturated carbocycles. The van der Waals surface area contributed by atoms with Gasteiger partial charge in [0.15, 0.2) is 0 Å². The Kier molecular flexibility index (Phi) is 7.18. The van der Waals surface area contributed by atoms with Gasteiger partial charge in [0.05, 0.1) is 11.5 Å². The summed E-state index contributed by atoms with van der Waals surface area (Å²) in [5.74, 6) is 0.0133. The molecule has 1 fully saturated rings. The van der Waals surface area contributed by atoms with Crippen molar-refractivity contribution >= 4 is 52.2 Å². The van der Waals surface area contributed by atoms with Gasteiger partial charge in [-0.25, -0.2) is 0 Å². The molecule has 3 amide bonds. The van der Waals surface area contributed by atoms with E-state index in [9.17, 15) is 14.4 Å². The Morgan fingerprint density at radius 1 is 1.17 bits per heavy atom. The molecule has 0 aromatic heterocycles. The van der Waals surface area contributed by atoms with E-state index in [4.69, 9.17) is 16.3 Å². The summed E-state index contributed by atoms with van der Waals surface area (Å²) in [5, 5.41) is 2.70. The van der Waals surface area contributed by atoms with E-state index in [-0.39, 0.29) is 11.4 Å². The molecule has 0 unspecified atom stereocenters. The quantitative estimate of drug-likeness (QED) is 0.605. The Hall–Kier alpha value is -2.77. The standard InChI is InChI=1S/C22H21ClN2O4S/c1-14(2)13-29-18-6-4-3-5-15(18)11-19-21(27)25(22(28)30-19)12-20(26)24-17-9-7-16(23)8-10-17/h3-11,14H,12-13H2,1-2H3,(H,24,26)/b19-11+. The smallest absolute Gasteiger partial charge is 0.294 e. The molecule has 1 heterocycles. The topological polar surface area (TPSA) is 75.7 Å². The highest BCUT2D eigenvalue weighted by atomic mass is 35.5. The maximum atomic E-state index is 12.7. The van der Waals surface area contributed by atoms with Gasteiger partial charge in [-0.05, 0) is 54.1 Å². The van der Waals surface area contributed by atoms with Gasteiger partial charge in [-0.15, -0.1) is 0 Å². The maximum absolute atomic E-state index is 12.7. The predicted octanol–water partition coefficient (Wildman–Crippen LogP) is 5.05. The van der Waals surface area contributed by atoms with Crippen LogP contribution >= 0.6 is 23.4 Å². The third kappa shape index (κ3) is 5.64. The van der Waals surface area contributed by atoms with Gasteiger partial charge >= 0.3 is 0 Å². The van der Waals surface area contributed by atoms with Gasteiger partial charge in [-0.2, -0.15) is 0 Å². The van der Waals surface area contributed by atoms with Crippen molar-refractivity contribution in [2.75, 3.05) is 18.5 Å². The second-order valence-corrected chi connectivity index (χ2v) is 8.50. The van der Waals surface area contributed by atoms with E-state index in [1.807, 2.05) is 38.1 Å². The number of benzene rings is 2. The van der Waals surface area contributed by atoms with Crippen molar-refractivity contribution in [1.29, 1.82) is 0 Å². The van der Waals surface area contributed by atoms with E-state index in [0.29, 0.717) is 34.5 Å². The molecule has 1 aliphatic rings. The molecule has 0 aliphatic carbocycles. The Labute approximate surface area is 184 Å². The van der Waals surface area contributed by atoms with Crippen LogP contribution in [0.2, 0.25) is 5.02 Å². The molecule has 8 heteroatoms. The average Bonchev–Trinajstić information content (AvgIpc) is 2.96. The van der Waals surface area contributed by atoms with E-state index in [1.54, 1.807) is 30.3 Å². The number of imide groups is 1. The number of anilines is 1. The van der Waals surface area contributed by atoms with Crippen LogP contribution in [-0.4, -0.2) is 35.1 Å². The normalized spacial score (nSPS) is 15.2. The van der Waals surface area contributed by atoms with Gasteiger partial charge in [0.2, 0.25) is 5.91 Å². The first-order valence-electron chi connectivity index (χ1n) is 9.36. The van der Waals surface area contributed by atoms with E-state index in [2.05, 4.69) is 5.32 Å². The van der Waals surface area contributed by atoms with E-state index in [0.717, 1.165) is 16.7 Å². The van der Waals surface area contributed by atoms with Crippen molar-refractivity contribution < 1.29 is 19.1 Å². The highest BCUT2D eigenvalue weighted by Gasteiger charge is 2.36. The highest BCUT2D eigenvalue weighted by Crippen LogP contribution is 2.34. The zero-order valence-corrected chi connectivity index (χ0v) is 18.1. The number of amides is 3. The van der Waals surface area contributed by atoms with Crippen molar-refractivity contribution in [2.45, 2.75) is 13.8 Å². The molecule has 0 radical (unpaired) electrons. The zero-order valence-electron chi connectivity index (χ0n) is 16.6. The Bertz CT molecular complexity index is 989. The lowest BCUT2D eigenvalue weighted by molar-refractivity contribution is -0.127. The van der Waals surface area contributed by atoms with E-state index >= 15 is 0 Å². The van der Waals surface area contributed by atoms with Crippen LogP contribution in [0.3, 0.4) is 0 Å². The number of hydrogen-bond donors (Lipinski definition) is 1. The lowest BCUT2D eigenvalue weighted by Crippen LogP contribution is -2.36. The second-order valence-electron chi connectivity index (χ2n) is 7.07. The van der Waals surface area contributed by atoms with Gasteiger partial charge in [-0.3, -0.25) is 19.3 Å². The summed E-state index contributed by atoms with van der Waals surface area (Å²) in [6.45, 7) is 4.26. The zero-order chi connectivity index (χ0) is 21.7. The molecule has 2 aromatic rings. The second kappa shape index (κ2) is 9.82. The first-order chi connectivity index (χ1) is 14.3. The van der Waals surface area contributed by atoms with Crippen LogP contribution in [0, 0.1) is 5.92 Å². The minimum atomic E-state index is -0.505. The summed E-state index contributed by atoms with van der Waals surface area (Å²) < 4.78 is 5.80. The number of nitrogens with zero attached hydrogens (tertiary/aromatic N) is 1. The fourth-order valence-electron chi connectivity index (χ4n) is 2.64. The lowest BCUT2D eigenvalue weighted by atomic mass is 10.1. The summed E-state index contributed by atoms with van der Waals surface area (Å²) >= 11 is 6.63. The summed E-state index contributed by atoms with van der Waals surface area (Å²) in [7, 11) is 0. The number of thioether (sulfide) groups is 1. The van der Waals surface area contributed by atoms with Crippen LogP contribution in [0.15, 0.2) is 53.4 Å². The SMILES string of the molecule is CC(C)COc1ccccc1/C=C1/SC(=O)N(CC(=O)Nc2ccc(Cl)cc2)C1=O. The molecule has 3 rings (SSSR count). The molecule has 1 aliphatic heterocycles. The van der Waals surface area contributed by atoms with Crippen LogP contribution in [0.4, 0.5) is 10.5 Å². The number of hydrogen-bond acceptors (Lipinski definition) is 5. The third-order valence-electron chi connectivity index (χ3n) is 4.08. The van der Waals surface area contributed by atoms with Crippen LogP contribution in [0.25, 0.3) is 6.08 Å². The molecule has 1 N–H and O–H groups in total. The van der Waals surface area contributed by atoms with Gasteiger partial charge in [0, 0.05) is 16.3 Å². The fourth-order valence-corrected chi connectivity index (χ4v) is 3.60.